The number of hydrogen-bond donors (Lipinski definition) is 0. The Labute approximate surface area is 119 Å². The topological polar surface area (TPSA) is 29.5 Å². The molecule has 0 bridgehead atoms. The van der Waals surface area contributed by atoms with Crippen molar-refractivity contribution in [3.05, 3.63) is 65.2 Å². The van der Waals surface area contributed by atoms with Crippen LogP contribution in [0.4, 0.5) is 0 Å². The predicted molar refractivity (Wildman–Crippen MR) is 80.0 cm³/mol. The van der Waals surface area contributed by atoms with Crippen LogP contribution in [0.15, 0.2) is 48.5 Å². The van der Waals surface area contributed by atoms with E-state index in [4.69, 9.17) is 4.74 Å². The van der Waals surface area contributed by atoms with Crippen molar-refractivity contribution < 1.29 is 9.53 Å². The van der Waals surface area contributed by atoms with E-state index in [1.807, 2.05) is 62.5 Å². The Kier molecular flexibility index (Phi) is 4.41. The van der Waals surface area contributed by atoms with Crippen molar-refractivity contribution in [2.75, 3.05) is 14.2 Å². The molecule has 0 aliphatic carbocycles. The second-order valence-electron chi connectivity index (χ2n) is 4.83. The highest BCUT2D eigenvalue weighted by molar-refractivity contribution is 5.95. The maximum atomic E-state index is 12.4. The van der Waals surface area contributed by atoms with Crippen molar-refractivity contribution in [2.45, 2.75) is 13.5 Å². The fourth-order valence-corrected chi connectivity index (χ4v) is 2.13. The molecule has 0 spiro atoms. The van der Waals surface area contributed by atoms with Gasteiger partial charge in [0.1, 0.15) is 5.75 Å². The number of ether oxygens (including phenoxy) is 1. The average molecular weight is 269 g/mol. The Balaban J connectivity index is 2.13. The van der Waals surface area contributed by atoms with Crippen LogP contribution in [0.2, 0.25) is 0 Å². The molecule has 0 unspecified atom stereocenters. The molecule has 0 radical (unpaired) electrons. The lowest BCUT2D eigenvalue weighted by molar-refractivity contribution is 0.0784. The Morgan fingerprint density at radius 3 is 2.60 bits per heavy atom. The number of amides is 1. The molecule has 0 fully saturated rings. The van der Waals surface area contributed by atoms with E-state index < -0.39 is 0 Å². The van der Waals surface area contributed by atoms with Gasteiger partial charge in [-0.1, -0.05) is 30.3 Å². The van der Waals surface area contributed by atoms with Crippen LogP contribution < -0.4 is 4.74 Å². The number of carbonyl (C=O) groups excluding carboxylic acids is 1. The lowest BCUT2D eigenvalue weighted by Gasteiger charge is -2.18. The molecule has 0 aliphatic heterocycles. The molecule has 2 rings (SSSR count). The highest BCUT2D eigenvalue weighted by Crippen LogP contribution is 2.16. The number of nitrogens with zero attached hydrogens (tertiary/aromatic N) is 1. The van der Waals surface area contributed by atoms with Gasteiger partial charge >= 0.3 is 0 Å². The molecule has 20 heavy (non-hydrogen) atoms. The first-order valence-corrected chi connectivity index (χ1v) is 6.56. The monoisotopic (exact) mass is 269 g/mol. The van der Waals surface area contributed by atoms with Crippen LogP contribution in [-0.4, -0.2) is 25.0 Å². The second kappa shape index (κ2) is 6.24. The first-order valence-electron chi connectivity index (χ1n) is 6.56. The molecule has 0 aromatic heterocycles. The van der Waals surface area contributed by atoms with Gasteiger partial charge in [-0.25, -0.2) is 0 Å². The van der Waals surface area contributed by atoms with Gasteiger partial charge in [-0.2, -0.15) is 0 Å². The molecule has 3 nitrogen and oxygen atoms in total. The molecule has 0 saturated heterocycles. The van der Waals surface area contributed by atoms with Crippen LogP contribution in [0.5, 0.6) is 5.75 Å². The maximum Gasteiger partial charge on any atom is 0.254 e. The molecule has 3 heteroatoms. The summed E-state index contributed by atoms with van der Waals surface area (Å²) in [6.07, 6.45) is 0. The summed E-state index contributed by atoms with van der Waals surface area (Å²) in [7, 11) is 3.45. The van der Waals surface area contributed by atoms with E-state index in [2.05, 4.69) is 0 Å². The van der Waals surface area contributed by atoms with Crippen LogP contribution in [0.1, 0.15) is 21.5 Å². The number of methoxy groups -OCH3 is 1. The van der Waals surface area contributed by atoms with Crippen molar-refractivity contribution >= 4 is 5.91 Å². The summed E-state index contributed by atoms with van der Waals surface area (Å²) >= 11 is 0. The summed E-state index contributed by atoms with van der Waals surface area (Å²) in [4.78, 5) is 14.1. The predicted octanol–water partition coefficient (Wildman–Crippen LogP) is 3.28. The Bertz CT molecular complexity index is 607. The van der Waals surface area contributed by atoms with E-state index >= 15 is 0 Å². The third kappa shape index (κ3) is 3.18. The molecule has 0 saturated carbocycles. The van der Waals surface area contributed by atoms with Gasteiger partial charge in [-0.15, -0.1) is 0 Å². The zero-order valence-corrected chi connectivity index (χ0v) is 12.1. The van der Waals surface area contributed by atoms with Gasteiger partial charge < -0.3 is 9.64 Å². The minimum absolute atomic E-state index is 0.0333. The quantitative estimate of drug-likeness (QED) is 0.852. The summed E-state index contributed by atoms with van der Waals surface area (Å²) in [5.74, 6) is 0.838. The van der Waals surface area contributed by atoms with E-state index in [1.165, 1.54) is 0 Å². The van der Waals surface area contributed by atoms with Gasteiger partial charge in [0.05, 0.1) is 7.11 Å². The normalized spacial score (nSPS) is 10.2. The highest BCUT2D eigenvalue weighted by Gasteiger charge is 2.13. The van der Waals surface area contributed by atoms with Gasteiger partial charge in [0.25, 0.3) is 5.91 Å². The first-order chi connectivity index (χ1) is 9.61. The van der Waals surface area contributed by atoms with Crippen molar-refractivity contribution in [3.8, 4) is 5.75 Å². The molecule has 0 atom stereocenters. The van der Waals surface area contributed by atoms with Crippen LogP contribution in [0.25, 0.3) is 0 Å². The fraction of sp³-hybridized carbons (Fsp3) is 0.235. The van der Waals surface area contributed by atoms with Crippen molar-refractivity contribution in [2.24, 2.45) is 0 Å². The van der Waals surface area contributed by atoms with Crippen molar-refractivity contribution in [3.63, 3.8) is 0 Å². The summed E-state index contributed by atoms with van der Waals surface area (Å²) < 4.78 is 5.20. The van der Waals surface area contributed by atoms with Gasteiger partial charge in [-0.05, 0) is 36.2 Å². The van der Waals surface area contributed by atoms with E-state index in [0.717, 1.165) is 22.4 Å². The third-order valence-corrected chi connectivity index (χ3v) is 3.28. The first kappa shape index (κ1) is 14.1. The number of aryl methyl sites for hydroxylation is 1. The van der Waals surface area contributed by atoms with Gasteiger partial charge in [0, 0.05) is 19.2 Å². The lowest BCUT2D eigenvalue weighted by atomic mass is 10.1. The van der Waals surface area contributed by atoms with Crippen LogP contribution in [0, 0.1) is 6.92 Å². The summed E-state index contributed by atoms with van der Waals surface area (Å²) in [6.45, 7) is 2.51. The molecule has 2 aromatic rings. The number of benzene rings is 2. The largest absolute Gasteiger partial charge is 0.497 e. The van der Waals surface area contributed by atoms with E-state index in [0.29, 0.717) is 6.54 Å². The number of hydrogen-bond acceptors (Lipinski definition) is 2. The zero-order chi connectivity index (χ0) is 14.5. The Morgan fingerprint density at radius 1 is 1.15 bits per heavy atom. The standard InChI is InChI=1S/C17H19NO2/c1-13-7-4-5-10-16(13)17(19)18(2)12-14-8-6-9-15(11-14)20-3/h4-11H,12H2,1-3H3. The second-order valence-corrected chi connectivity index (χ2v) is 4.83. The molecule has 1 amide bonds. The molecule has 0 N–H and O–H groups in total. The van der Waals surface area contributed by atoms with Crippen LogP contribution >= 0.6 is 0 Å². The molecular formula is C17H19NO2. The smallest absolute Gasteiger partial charge is 0.254 e. The van der Waals surface area contributed by atoms with Gasteiger partial charge in [0.2, 0.25) is 0 Å². The molecule has 0 aliphatic rings. The highest BCUT2D eigenvalue weighted by atomic mass is 16.5. The minimum Gasteiger partial charge on any atom is -0.497 e. The molecule has 0 heterocycles. The zero-order valence-electron chi connectivity index (χ0n) is 12.1. The summed E-state index contributed by atoms with van der Waals surface area (Å²) in [5.41, 5.74) is 2.79. The minimum atomic E-state index is 0.0333. The number of rotatable bonds is 4. The van der Waals surface area contributed by atoms with Crippen LogP contribution in [0.3, 0.4) is 0 Å². The summed E-state index contributed by atoms with van der Waals surface area (Å²) in [5, 5.41) is 0. The maximum absolute atomic E-state index is 12.4. The van der Waals surface area contributed by atoms with Crippen LogP contribution in [-0.2, 0) is 6.54 Å². The van der Waals surface area contributed by atoms with Crippen molar-refractivity contribution in [1.82, 2.24) is 4.90 Å². The van der Waals surface area contributed by atoms with Gasteiger partial charge in [0.15, 0.2) is 0 Å². The van der Waals surface area contributed by atoms with E-state index in [1.54, 1.807) is 12.0 Å². The molecule has 104 valence electrons. The Morgan fingerprint density at radius 2 is 1.90 bits per heavy atom. The lowest BCUT2D eigenvalue weighted by Crippen LogP contribution is -2.26. The molecule has 2 aromatic carbocycles. The summed E-state index contributed by atoms with van der Waals surface area (Å²) in [6, 6.07) is 15.4. The van der Waals surface area contributed by atoms with E-state index in [9.17, 15) is 4.79 Å². The Hall–Kier alpha value is -2.29. The molecular weight excluding hydrogens is 250 g/mol. The average Bonchev–Trinajstić information content (AvgIpc) is 2.47. The van der Waals surface area contributed by atoms with Gasteiger partial charge in [-0.3, -0.25) is 4.79 Å². The number of carbonyl (C=O) groups is 1. The van der Waals surface area contributed by atoms with Crippen molar-refractivity contribution in [1.29, 1.82) is 0 Å². The fourth-order valence-electron chi connectivity index (χ4n) is 2.13. The third-order valence-electron chi connectivity index (χ3n) is 3.28. The van der Waals surface area contributed by atoms with E-state index in [-0.39, 0.29) is 5.91 Å². The SMILES string of the molecule is COc1cccc(CN(C)C(=O)c2ccccc2C)c1.